The fraction of sp³-hybridized carbons (Fsp3) is 0.571. The smallest absolute Gasteiger partial charge is 0.121 e. The van der Waals surface area contributed by atoms with Gasteiger partial charge < -0.3 is 15.4 Å². The molecule has 0 atom stereocenters. The zero-order valence-corrected chi connectivity index (χ0v) is 11.6. The molecule has 0 bridgehead atoms. The predicted octanol–water partition coefficient (Wildman–Crippen LogP) is 2.17. The van der Waals surface area contributed by atoms with Crippen LogP contribution in [0, 0.1) is 6.92 Å². The molecule has 1 rings (SSSR count). The Hall–Kier alpha value is -1.06. The molecule has 1 aromatic carbocycles. The molecule has 3 nitrogen and oxygen atoms in total. The lowest BCUT2D eigenvalue weighted by Crippen LogP contribution is -2.43. The number of benzene rings is 1. The molecule has 0 amide bonds. The predicted molar refractivity (Wildman–Crippen MR) is 72.3 cm³/mol. The molecule has 0 fully saturated rings. The third-order valence-corrected chi connectivity index (χ3v) is 2.59. The third-order valence-electron chi connectivity index (χ3n) is 2.59. The van der Waals surface area contributed by atoms with Crippen LogP contribution in [0.5, 0.6) is 5.75 Å². The summed E-state index contributed by atoms with van der Waals surface area (Å²) < 4.78 is 5.25. The molecule has 0 aliphatic carbocycles. The van der Waals surface area contributed by atoms with Gasteiger partial charge >= 0.3 is 0 Å². The van der Waals surface area contributed by atoms with Crippen LogP contribution in [0.25, 0.3) is 0 Å². The van der Waals surface area contributed by atoms with Crippen LogP contribution in [-0.2, 0) is 6.54 Å². The maximum atomic E-state index is 6.00. The number of aryl methyl sites for hydroxylation is 1. The maximum absolute atomic E-state index is 6.00. The van der Waals surface area contributed by atoms with E-state index in [-0.39, 0.29) is 5.54 Å². The molecule has 96 valence electrons. The average Bonchev–Trinajstić information content (AvgIpc) is 2.14. The van der Waals surface area contributed by atoms with E-state index in [0.29, 0.717) is 0 Å². The summed E-state index contributed by atoms with van der Waals surface area (Å²) in [6.07, 6.45) is 0. The van der Waals surface area contributed by atoms with E-state index in [1.54, 1.807) is 7.11 Å². The normalized spacial score (nSPS) is 11.9. The van der Waals surface area contributed by atoms with Crippen molar-refractivity contribution in [2.75, 3.05) is 20.7 Å². The molecule has 0 unspecified atom stereocenters. The van der Waals surface area contributed by atoms with Gasteiger partial charge in [0.2, 0.25) is 0 Å². The first kappa shape index (κ1) is 14.0. The SMILES string of the molecule is COc1ccc(CN(C)CC(C)(C)N)cc1C. The van der Waals surface area contributed by atoms with Gasteiger partial charge in [0.15, 0.2) is 0 Å². The molecule has 2 N–H and O–H groups in total. The van der Waals surface area contributed by atoms with Crippen LogP contribution in [-0.4, -0.2) is 31.1 Å². The largest absolute Gasteiger partial charge is 0.496 e. The third kappa shape index (κ3) is 4.75. The Morgan fingerprint density at radius 2 is 2.00 bits per heavy atom. The van der Waals surface area contributed by atoms with Gasteiger partial charge in [0.25, 0.3) is 0 Å². The van der Waals surface area contributed by atoms with Crippen molar-refractivity contribution in [3.05, 3.63) is 29.3 Å². The number of nitrogens with zero attached hydrogens (tertiary/aromatic N) is 1. The van der Waals surface area contributed by atoms with Crippen LogP contribution in [0.4, 0.5) is 0 Å². The van der Waals surface area contributed by atoms with Gasteiger partial charge in [0.1, 0.15) is 5.75 Å². The molecule has 0 aromatic heterocycles. The molecule has 0 saturated carbocycles. The van der Waals surface area contributed by atoms with Crippen molar-refractivity contribution in [1.29, 1.82) is 0 Å². The first-order valence-corrected chi connectivity index (χ1v) is 5.93. The Kier molecular flexibility index (Phi) is 4.54. The Balaban J connectivity index is 2.66. The number of ether oxygens (including phenoxy) is 1. The minimum absolute atomic E-state index is 0.156. The summed E-state index contributed by atoms with van der Waals surface area (Å²) in [7, 11) is 3.79. The maximum Gasteiger partial charge on any atom is 0.121 e. The van der Waals surface area contributed by atoms with E-state index in [2.05, 4.69) is 31.0 Å². The lowest BCUT2D eigenvalue weighted by Gasteiger charge is -2.26. The van der Waals surface area contributed by atoms with E-state index in [0.717, 1.165) is 18.8 Å². The molecule has 0 saturated heterocycles. The van der Waals surface area contributed by atoms with Gasteiger partial charge in [-0.25, -0.2) is 0 Å². The van der Waals surface area contributed by atoms with Gasteiger partial charge in [-0.15, -0.1) is 0 Å². The first-order valence-electron chi connectivity index (χ1n) is 5.93. The molecule has 0 aliphatic heterocycles. The highest BCUT2D eigenvalue weighted by atomic mass is 16.5. The van der Waals surface area contributed by atoms with Crippen LogP contribution in [0.3, 0.4) is 0 Å². The summed E-state index contributed by atoms with van der Waals surface area (Å²) >= 11 is 0. The second-order valence-electron chi connectivity index (χ2n) is 5.46. The molecular weight excluding hydrogens is 212 g/mol. The van der Waals surface area contributed by atoms with Crippen molar-refractivity contribution in [2.24, 2.45) is 5.73 Å². The summed E-state index contributed by atoms with van der Waals surface area (Å²) in [6, 6.07) is 6.29. The zero-order valence-electron chi connectivity index (χ0n) is 11.6. The van der Waals surface area contributed by atoms with E-state index >= 15 is 0 Å². The number of methoxy groups -OCH3 is 1. The van der Waals surface area contributed by atoms with E-state index < -0.39 is 0 Å². The molecule has 0 radical (unpaired) electrons. The van der Waals surface area contributed by atoms with Crippen molar-refractivity contribution < 1.29 is 4.74 Å². The molecule has 3 heteroatoms. The molecule has 0 heterocycles. The fourth-order valence-electron chi connectivity index (χ4n) is 2.10. The van der Waals surface area contributed by atoms with Crippen molar-refractivity contribution in [1.82, 2.24) is 4.90 Å². The highest BCUT2D eigenvalue weighted by molar-refractivity contribution is 5.36. The van der Waals surface area contributed by atoms with Crippen LogP contribution < -0.4 is 10.5 Å². The van der Waals surface area contributed by atoms with Crippen molar-refractivity contribution in [2.45, 2.75) is 32.9 Å². The number of rotatable bonds is 5. The zero-order chi connectivity index (χ0) is 13.1. The van der Waals surface area contributed by atoms with Crippen LogP contribution >= 0.6 is 0 Å². The summed E-state index contributed by atoms with van der Waals surface area (Å²) in [5.41, 5.74) is 8.31. The van der Waals surface area contributed by atoms with Crippen molar-refractivity contribution in [3.63, 3.8) is 0 Å². The number of likely N-dealkylation sites (N-methyl/N-ethyl adjacent to an activating group) is 1. The quantitative estimate of drug-likeness (QED) is 0.851. The highest BCUT2D eigenvalue weighted by Crippen LogP contribution is 2.19. The lowest BCUT2D eigenvalue weighted by molar-refractivity contribution is 0.263. The van der Waals surface area contributed by atoms with Crippen molar-refractivity contribution >= 4 is 0 Å². The monoisotopic (exact) mass is 236 g/mol. The Morgan fingerprint density at radius 3 is 2.47 bits per heavy atom. The summed E-state index contributed by atoms with van der Waals surface area (Å²) in [5, 5.41) is 0. The van der Waals surface area contributed by atoms with Gasteiger partial charge in [-0.05, 0) is 45.0 Å². The number of hydrogen-bond acceptors (Lipinski definition) is 3. The Bertz CT molecular complexity index is 369. The Labute approximate surface area is 105 Å². The van der Waals surface area contributed by atoms with Crippen LogP contribution in [0.1, 0.15) is 25.0 Å². The van der Waals surface area contributed by atoms with Crippen LogP contribution in [0.15, 0.2) is 18.2 Å². The molecular formula is C14H24N2O. The first-order chi connectivity index (χ1) is 7.81. The van der Waals surface area contributed by atoms with Crippen molar-refractivity contribution in [3.8, 4) is 5.75 Å². The minimum atomic E-state index is -0.156. The Morgan fingerprint density at radius 1 is 1.35 bits per heavy atom. The second kappa shape index (κ2) is 5.52. The van der Waals surface area contributed by atoms with Gasteiger partial charge in [0, 0.05) is 18.6 Å². The molecule has 0 spiro atoms. The van der Waals surface area contributed by atoms with Gasteiger partial charge in [0.05, 0.1) is 7.11 Å². The minimum Gasteiger partial charge on any atom is -0.496 e. The number of nitrogens with two attached hydrogens (primary N) is 1. The fourth-order valence-corrected chi connectivity index (χ4v) is 2.10. The molecule has 17 heavy (non-hydrogen) atoms. The lowest BCUT2D eigenvalue weighted by atomic mass is 10.1. The molecule has 1 aromatic rings. The van der Waals surface area contributed by atoms with Crippen LogP contribution in [0.2, 0.25) is 0 Å². The highest BCUT2D eigenvalue weighted by Gasteiger charge is 2.14. The average molecular weight is 236 g/mol. The number of hydrogen-bond donors (Lipinski definition) is 1. The van der Waals surface area contributed by atoms with E-state index in [1.165, 1.54) is 11.1 Å². The van der Waals surface area contributed by atoms with E-state index in [4.69, 9.17) is 10.5 Å². The van der Waals surface area contributed by atoms with E-state index in [9.17, 15) is 0 Å². The van der Waals surface area contributed by atoms with Gasteiger partial charge in [-0.3, -0.25) is 0 Å². The van der Waals surface area contributed by atoms with Gasteiger partial charge in [-0.1, -0.05) is 12.1 Å². The summed E-state index contributed by atoms with van der Waals surface area (Å²) in [4.78, 5) is 2.24. The topological polar surface area (TPSA) is 38.5 Å². The van der Waals surface area contributed by atoms with Gasteiger partial charge in [-0.2, -0.15) is 0 Å². The summed E-state index contributed by atoms with van der Waals surface area (Å²) in [5.74, 6) is 0.940. The van der Waals surface area contributed by atoms with E-state index in [1.807, 2.05) is 19.9 Å². The summed E-state index contributed by atoms with van der Waals surface area (Å²) in [6.45, 7) is 7.93. The standard InChI is InChI=1S/C14H24N2O/c1-11-8-12(6-7-13(11)17-5)9-16(4)10-14(2,3)15/h6-8H,9-10,15H2,1-5H3. The molecule has 0 aliphatic rings. The second-order valence-corrected chi connectivity index (χ2v) is 5.46.